The lowest BCUT2D eigenvalue weighted by molar-refractivity contribution is -0.384. The van der Waals surface area contributed by atoms with Crippen molar-refractivity contribution >= 4 is 55.4 Å². The molecular formula is C50H58N8O8S. The molecule has 0 unspecified atom stereocenters. The van der Waals surface area contributed by atoms with Crippen molar-refractivity contribution in [2.75, 3.05) is 74.3 Å². The summed E-state index contributed by atoms with van der Waals surface area (Å²) in [6.45, 7) is 8.11. The molecule has 0 radical (unpaired) electrons. The number of anilines is 4. The number of benzene rings is 3. The lowest BCUT2D eigenvalue weighted by Gasteiger charge is -2.56. The van der Waals surface area contributed by atoms with Gasteiger partial charge in [0.05, 0.1) is 34.3 Å². The first-order valence-corrected chi connectivity index (χ1v) is 25.4. The molecule has 352 valence electrons. The van der Waals surface area contributed by atoms with E-state index in [2.05, 4.69) is 56.0 Å². The molecule has 6 aliphatic rings. The van der Waals surface area contributed by atoms with E-state index >= 15 is 0 Å². The second-order valence-corrected chi connectivity index (χ2v) is 21.3. The molecule has 4 saturated heterocycles. The van der Waals surface area contributed by atoms with Gasteiger partial charge >= 0.3 is 0 Å². The zero-order valence-corrected chi connectivity index (χ0v) is 38.6. The van der Waals surface area contributed by atoms with Crippen molar-refractivity contribution in [3.8, 4) is 5.88 Å². The predicted octanol–water partition coefficient (Wildman–Crippen LogP) is 7.87. The number of hydrogen-bond donors (Lipinski definition) is 3. The number of nitro groups is 1. The fourth-order valence-corrected chi connectivity index (χ4v) is 12.7. The number of nitrogens with one attached hydrogen (secondary N) is 3. The van der Waals surface area contributed by atoms with E-state index in [4.69, 9.17) is 19.2 Å². The van der Waals surface area contributed by atoms with Crippen LogP contribution in [0, 0.1) is 34.3 Å². The molecule has 0 bridgehead atoms. The highest BCUT2D eigenvalue weighted by atomic mass is 32.2. The number of amides is 1. The molecule has 1 aliphatic carbocycles. The summed E-state index contributed by atoms with van der Waals surface area (Å²) < 4.78 is 48.3. The summed E-state index contributed by atoms with van der Waals surface area (Å²) in [5, 5.41) is 16.3. The Bertz CT molecular complexity index is 2800. The van der Waals surface area contributed by atoms with Crippen LogP contribution in [-0.2, 0) is 19.5 Å². The fourth-order valence-electron chi connectivity index (χ4n) is 11.7. The first-order chi connectivity index (χ1) is 32.5. The number of ether oxygens (including phenoxy) is 3. The molecule has 16 nitrogen and oxygen atoms in total. The molecule has 3 aromatic carbocycles. The van der Waals surface area contributed by atoms with Gasteiger partial charge in [0.1, 0.15) is 23.1 Å². The van der Waals surface area contributed by atoms with Crippen LogP contribution in [0.15, 0.2) is 83.9 Å². The fraction of sp³-hybridized carbons (Fsp3) is 0.480. The highest BCUT2D eigenvalue weighted by Crippen LogP contribution is 2.54. The van der Waals surface area contributed by atoms with Crippen molar-refractivity contribution in [1.29, 1.82) is 0 Å². The van der Waals surface area contributed by atoms with Crippen LogP contribution >= 0.6 is 0 Å². The molecule has 1 spiro atoms. The van der Waals surface area contributed by atoms with Crippen molar-refractivity contribution in [3.63, 3.8) is 0 Å². The molecule has 7 heterocycles. The van der Waals surface area contributed by atoms with Crippen molar-refractivity contribution in [3.05, 3.63) is 106 Å². The number of carbonyl (C=O) groups is 1. The van der Waals surface area contributed by atoms with Gasteiger partial charge in [-0.1, -0.05) is 24.3 Å². The van der Waals surface area contributed by atoms with Gasteiger partial charge in [0.15, 0.2) is 0 Å². The number of sulfonamides is 1. The maximum atomic E-state index is 14.6. The van der Waals surface area contributed by atoms with E-state index in [0.717, 1.165) is 62.5 Å². The van der Waals surface area contributed by atoms with Crippen LogP contribution in [0.3, 0.4) is 0 Å². The minimum absolute atomic E-state index is 0.0719. The molecule has 2 aromatic heterocycles. The number of pyridine rings is 1. The van der Waals surface area contributed by atoms with Gasteiger partial charge in [-0.15, -0.1) is 0 Å². The summed E-state index contributed by atoms with van der Waals surface area (Å²) in [5.74, 6) is -0.275. The zero-order valence-electron chi connectivity index (χ0n) is 37.8. The number of H-pyrrole nitrogens is 1. The molecule has 67 heavy (non-hydrogen) atoms. The van der Waals surface area contributed by atoms with Gasteiger partial charge in [0.2, 0.25) is 5.88 Å². The van der Waals surface area contributed by atoms with Crippen LogP contribution in [0.25, 0.3) is 11.0 Å². The average molecular weight is 931 g/mol. The monoisotopic (exact) mass is 930 g/mol. The van der Waals surface area contributed by atoms with Crippen LogP contribution in [0.5, 0.6) is 5.88 Å². The van der Waals surface area contributed by atoms with Gasteiger partial charge < -0.3 is 34.3 Å². The topological polar surface area (TPSA) is 184 Å². The van der Waals surface area contributed by atoms with E-state index in [1.807, 2.05) is 35.4 Å². The zero-order chi connectivity index (χ0) is 45.9. The Hall–Kier alpha value is -5.75. The van der Waals surface area contributed by atoms with Crippen LogP contribution in [0.1, 0.15) is 78.9 Å². The van der Waals surface area contributed by atoms with Crippen molar-refractivity contribution < 1.29 is 32.3 Å². The Morgan fingerprint density at radius 3 is 2.58 bits per heavy atom. The molecule has 11 rings (SSSR count). The maximum absolute atomic E-state index is 14.6. The van der Waals surface area contributed by atoms with Gasteiger partial charge in [-0.25, -0.2) is 13.1 Å². The third kappa shape index (κ3) is 8.48. The third-order valence-electron chi connectivity index (χ3n) is 15.6. The van der Waals surface area contributed by atoms with Crippen molar-refractivity contribution in [1.82, 2.24) is 19.6 Å². The smallest absolute Gasteiger partial charge is 0.293 e. The van der Waals surface area contributed by atoms with E-state index < -0.39 is 31.4 Å². The van der Waals surface area contributed by atoms with Crippen LogP contribution in [0.4, 0.5) is 28.4 Å². The summed E-state index contributed by atoms with van der Waals surface area (Å²) in [6.07, 6.45) is 10.2. The Labute approximate surface area is 390 Å². The number of aryl methyl sites for hydroxylation is 1. The molecule has 5 fully saturated rings. The van der Waals surface area contributed by atoms with E-state index in [1.165, 1.54) is 48.9 Å². The summed E-state index contributed by atoms with van der Waals surface area (Å²) in [7, 11) is -4.58. The minimum atomic E-state index is -4.58. The van der Waals surface area contributed by atoms with Crippen molar-refractivity contribution in [2.45, 2.75) is 81.4 Å². The molecule has 1 saturated carbocycles. The summed E-state index contributed by atoms with van der Waals surface area (Å²) in [5.41, 5.74) is 5.82. The number of aromatic nitrogens is 2. The van der Waals surface area contributed by atoms with Gasteiger partial charge in [0.25, 0.3) is 21.6 Å². The number of rotatable bonds is 11. The largest absolute Gasteiger partial charge is 0.470 e. The molecule has 3 N–H and O–H groups in total. The van der Waals surface area contributed by atoms with Gasteiger partial charge in [-0.2, -0.15) is 4.98 Å². The number of likely N-dealkylation sites (tertiary alicyclic amines) is 1. The van der Waals surface area contributed by atoms with E-state index in [9.17, 15) is 23.3 Å². The second-order valence-electron chi connectivity index (χ2n) is 19.6. The van der Waals surface area contributed by atoms with E-state index in [1.54, 1.807) is 6.07 Å². The number of fused-ring (bicyclic) bond motifs is 3. The summed E-state index contributed by atoms with van der Waals surface area (Å²) in [6, 6.07) is 23.1. The number of hydrogen-bond acceptors (Lipinski definition) is 13. The number of carbonyl (C=O) groups excluding carboxylic acids is 1. The maximum Gasteiger partial charge on any atom is 0.293 e. The lowest BCUT2D eigenvalue weighted by atomic mass is 9.59. The van der Waals surface area contributed by atoms with Gasteiger partial charge in [0, 0.05) is 80.7 Å². The lowest BCUT2D eigenvalue weighted by Crippen LogP contribution is -2.54. The number of aromatic amines is 1. The van der Waals surface area contributed by atoms with Gasteiger partial charge in [-0.05, 0) is 130 Å². The minimum Gasteiger partial charge on any atom is -0.470 e. The summed E-state index contributed by atoms with van der Waals surface area (Å²) >= 11 is 0. The highest BCUT2D eigenvalue weighted by molar-refractivity contribution is 7.90. The molecule has 17 heteroatoms. The SMILES string of the molecule is Cc1ccccc1[C@@H]1CCCN1C1CC2(CCN(c3ccc(C(=O)NS(=O)(=O)c4ccc(NCC5CCOCC5)c([N+](=O)[O-])c4)c(N4C[C@H]5COC[C@@H]5Oc5nc6[nH]ccc6cc54)c3)CC2)C1. The van der Waals surface area contributed by atoms with Crippen LogP contribution in [0.2, 0.25) is 0 Å². The average Bonchev–Trinajstić information content (AvgIpc) is 4.09. The Morgan fingerprint density at radius 2 is 1.78 bits per heavy atom. The van der Waals surface area contributed by atoms with Crippen LogP contribution in [-0.4, -0.2) is 105 Å². The number of piperidine rings is 1. The molecule has 5 aliphatic heterocycles. The normalized spacial score (nSPS) is 23.3. The summed E-state index contributed by atoms with van der Waals surface area (Å²) in [4.78, 5) is 41.1. The second kappa shape index (κ2) is 17.7. The first-order valence-electron chi connectivity index (χ1n) is 23.9. The molecule has 5 aromatic rings. The molecule has 3 atom stereocenters. The first kappa shape index (κ1) is 43.8. The highest BCUT2D eigenvalue weighted by Gasteiger charge is 2.50. The van der Waals surface area contributed by atoms with E-state index in [0.29, 0.717) is 79.9 Å². The Morgan fingerprint density at radius 1 is 0.955 bits per heavy atom. The number of nitrogens with zero attached hydrogens (tertiary/aromatic N) is 5. The van der Waals surface area contributed by atoms with Gasteiger partial charge in [-0.3, -0.25) is 19.8 Å². The van der Waals surface area contributed by atoms with Crippen molar-refractivity contribution in [2.24, 2.45) is 17.3 Å². The molecular weight excluding hydrogens is 873 g/mol. The molecule has 1 amide bonds. The third-order valence-corrected chi connectivity index (χ3v) is 16.9. The quantitative estimate of drug-likeness (QED) is 0.0860. The standard InChI is InChI=1S/C50H58N8O8S/c1-32-5-2-3-6-39(32)42-7-4-18-56(42)37-26-50(27-37)15-19-55(20-16-50)36-8-10-40(43(24-36)57-29-35-30-65-31-46(35)66-49-45(57)23-34-12-17-51-47(34)53-49)48(59)54-67(62,63)38-9-11-41(44(25-38)58(60)61)52-28-33-13-21-64-22-14-33/h2-3,5-6,8-12,17,23-25,33,35,37,42,46,52H,4,7,13-16,18-22,26-31H2,1H3,(H,51,53)(H,54,59)/t35-,42-,46-/m0/s1. The Balaban J connectivity index is 0.874. The predicted molar refractivity (Wildman–Crippen MR) is 255 cm³/mol. The Kier molecular flexibility index (Phi) is 11.6. The van der Waals surface area contributed by atoms with E-state index in [-0.39, 0.29) is 29.2 Å². The van der Waals surface area contributed by atoms with Crippen LogP contribution < -0.4 is 24.6 Å². The number of nitro benzene ring substituents is 1.